The van der Waals surface area contributed by atoms with E-state index in [1.54, 1.807) is 25.6 Å². The Labute approximate surface area is 149 Å². The van der Waals surface area contributed by atoms with Crippen LogP contribution in [-0.4, -0.2) is 26.9 Å². The van der Waals surface area contributed by atoms with E-state index in [2.05, 4.69) is 44.5 Å². The SMILES string of the molecule is C=Cc1nn(-c2cncnc2)c(-c2cc(Br)c(OC)cc2C)c1C. The number of aryl methyl sites for hydroxylation is 1. The molecule has 0 aliphatic carbocycles. The number of ether oxygens (including phenoxy) is 1. The molecule has 0 aliphatic rings. The summed E-state index contributed by atoms with van der Waals surface area (Å²) < 4.78 is 8.13. The molecule has 5 nitrogen and oxygen atoms in total. The number of nitrogens with zero attached hydrogens (tertiary/aromatic N) is 4. The smallest absolute Gasteiger partial charge is 0.133 e. The number of hydrogen-bond acceptors (Lipinski definition) is 4. The molecule has 0 atom stereocenters. The molecule has 0 saturated carbocycles. The third-order valence-corrected chi connectivity index (χ3v) is 4.52. The summed E-state index contributed by atoms with van der Waals surface area (Å²) in [6.07, 6.45) is 6.74. The van der Waals surface area contributed by atoms with E-state index in [1.807, 2.05) is 23.7 Å². The van der Waals surface area contributed by atoms with Crippen molar-refractivity contribution in [3.63, 3.8) is 0 Å². The van der Waals surface area contributed by atoms with Crippen LogP contribution in [0.2, 0.25) is 0 Å². The summed E-state index contributed by atoms with van der Waals surface area (Å²) in [5, 5.41) is 4.66. The number of aromatic nitrogens is 4. The minimum atomic E-state index is 0.798. The fourth-order valence-corrected chi connectivity index (χ4v) is 3.18. The highest BCUT2D eigenvalue weighted by atomic mass is 79.9. The molecule has 0 fully saturated rings. The molecule has 0 spiro atoms. The second kappa shape index (κ2) is 6.57. The van der Waals surface area contributed by atoms with Crippen LogP contribution in [0.1, 0.15) is 16.8 Å². The van der Waals surface area contributed by atoms with Crippen molar-refractivity contribution in [3.05, 3.63) is 58.7 Å². The zero-order valence-corrected chi connectivity index (χ0v) is 15.3. The number of benzene rings is 1. The minimum Gasteiger partial charge on any atom is -0.496 e. The first-order valence-corrected chi connectivity index (χ1v) is 8.18. The topological polar surface area (TPSA) is 52.8 Å². The van der Waals surface area contributed by atoms with Crippen molar-refractivity contribution in [2.75, 3.05) is 7.11 Å². The molecule has 0 bridgehead atoms. The van der Waals surface area contributed by atoms with Gasteiger partial charge < -0.3 is 4.74 Å². The molecule has 0 saturated heterocycles. The number of hydrogen-bond donors (Lipinski definition) is 0. The lowest BCUT2D eigenvalue weighted by Gasteiger charge is -2.13. The molecule has 6 heteroatoms. The van der Waals surface area contributed by atoms with Crippen LogP contribution in [-0.2, 0) is 0 Å². The average Bonchev–Trinajstić information content (AvgIpc) is 2.93. The molecule has 0 aliphatic heterocycles. The highest BCUT2D eigenvalue weighted by Gasteiger charge is 2.19. The van der Waals surface area contributed by atoms with Gasteiger partial charge >= 0.3 is 0 Å². The van der Waals surface area contributed by atoms with Crippen LogP contribution in [0.5, 0.6) is 5.75 Å². The normalized spacial score (nSPS) is 10.7. The second-order valence-electron chi connectivity index (χ2n) is 5.37. The van der Waals surface area contributed by atoms with Gasteiger partial charge in [-0.2, -0.15) is 5.10 Å². The van der Waals surface area contributed by atoms with Crippen LogP contribution in [0.15, 0.2) is 41.9 Å². The fraction of sp³-hybridized carbons (Fsp3) is 0.167. The lowest BCUT2D eigenvalue weighted by molar-refractivity contribution is 0.412. The summed E-state index contributed by atoms with van der Waals surface area (Å²) in [4.78, 5) is 8.20. The van der Waals surface area contributed by atoms with Crippen LogP contribution in [0.4, 0.5) is 0 Å². The van der Waals surface area contributed by atoms with Crippen LogP contribution in [0, 0.1) is 13.8 Å². The van der Waals surface area contributed by atoms with E-state index in [4.69, 9.17) is 4.74 Å². The van der Waals surface area contributed by atoms with E-state index in [9.17, 15) is 0 Å². The number of methoxy groups -OCH3 is 1. The first-order chi connectivity index (χ1) is 11.6. The molecular weight excluding hydrogens is 368 g/mol. The Morgan fingerprint density at radius 2 is 1.92 bits per heavy atom. The second-order valence-corrected chi connectivity index (χ2v) is 6.23. The molecule has 0 unspecified atom stereocenters. The lowest BCUT2D eigenvalue weighted by atomic mass is 10.0. The van der Waals surface area contributed by atoms with Gasteiger partial charge in [-0.3, -0.25) is 0 Å². The van der Waals surface area contributed by atoms with E-state index in [-0.39, 0.29) is 0 Å². The summed E-state index contributed by atoms with van der Waals surface area (Å²) >= 11 is 3.57. The van der Waals surface area contributed by atoms with E-state index >= 15 is 0 Å². The predicted molar refractivity (Wildman–Crippen MR) is 98.4 cm³/mol. The van der Waals surface area contributed by atoms with Crippen molar-refractivity contribution in [1.82, 2.24) is 19.7 Å². The molecule has 0 N–H and O–H groups in total. The quantitative estimate of drug-likeness (QED) is 0.670. The largest absolute Gasteiger partial charge is 0.496 e. The summed E-state index contributed by atoms with van der Waals surface area (Å²) in [7, 11) is 1.66. The van der Waals surface area contributed by atoms with Crippen molar-refractivity contribution in [3.8, 4) is 22.7 Å². The first kappa shape index (κ1) is 16.4. The molecule has 122 valence electrons. The van der Waals surface area contributed by atoms with Crippen molar-refractivity contribution in [1.29, 1.82) is 0 Å². The highest BCUT2D eigenvalue weighted by Crippen LogP contribution is 2.37. The Hall–Kier alpha value is -2.47. The van der Waals surface area contributed by atoms with E-state index in [0.29, 0.717) is 0 Å². The molecule has 24 heavy (non-hydrogen) atoms. The van der Waals surface area contributed by atoms with Gasteiger partial charge in [0.1, 0.15) is 17.8 Å². The van der Waals surface area contributed by atoms with Gasteiger partial charge in [-0.05, 0) is 53.5 Å². The van der Waals surface area contributed by atoms with Gasteiger partial charge in [0.2, 0.25) is 0 Å². The molecule has 3 aromatic rings. The van der Waals surface area contributed by atoms with Gasteiger partial charge in [0.15, 0.2) is 0 Å². The van der Waals surface area contributed by atoms with Gasteiger partial charge in [0, 0.05) is 11.1 Å². The molecule has 0 amide bonds. The van der Waals surface area contributed by atoms with Crippen LogP contribution in [0.3, 0.4) is 0 Å². The summed E-state index contributed by atoms with van der Waals surface area (Å²) in [6, 6.07) is 4.05. The third-order valence-electron chi connectivity index (χ3n) is 3.90. The van der Waals surface area contributed by atoms with Gasteiger partial charge in [-0.1, -0.05) is 6.58 Å². The highest BCUT2D eigenvalue weighted by molar-refractivity contribution is 9.10. The molecule has 3 rings (SSSR count). The van der Waals surface area contributed by atoms with E-state index < -0.39 is 0 Å². The Morgan fingerprint density at radius 1 is 1.21 bits per heavy atom. The standard InChI is InChI=1S/C18H17BrN4O/c1-5-16-12(3)18(23(22-16)13-8-20-10-21-9-13)14-7-15(19)17(24-4)6-11(14)2/h5-10H,1H2,2-4H3. The van der Waals surface area contributed by atoms with Gasteiger partial charge in [-0.15, -0.1) is 0 Å². The maximum atomic E-state index is 5.38. The van der Waals surface area contributed by atoms with Gasteiger partial charge in [0.05, 0.1) is 35.4 Å². The van der Waals surface area contributed by atoms with Crippen molar-refractivity contribution in [2.45, 2.75) is 13.8 Å². The number of rotatable bonds is 4. The predicted octanol–water partition coefficient (Wildman–Crippen LogP) is 4.36. The van der Waals surface area contributed by atoms with Crippen molar-refractivity contribution in [2.24, 2.45) is 0 Å². The Kier molecular flexibility index (Phi) is 4.49. The maximum Gasteiger partial charge on any atom is 0.133 e. The van der Waals surface area contributed by atoms with Crippen LogP contribution in [0.25, 0.3) is 23.0 Å². The first-order valence-electron chi connectivity index (χ1n) is 7.38. The Balaban J connectivity index is 2.30. The Bertz CT molecular complexity index is 903. The molecule has 0 radical (unpaired) electrons. The van der Waals surface area contributed by atoms with Crippen LogP contribution < -0.4 is 4.74 Å². The summed E-state index contributed by atoms with van der Waals surface area (Å²) in [5.74, 6) is 0.798. The Morgan fingerprint density at radius 3 is 2.54 bits per heavy atom. The number of halogens is 1. The van der Waals surface area contributed by atoms with Crippen molar-refractivity contribution < 1.29 is 4.74 Å². The molecule has 2 heterocycles. The summed E-state index contributed by atoms with van der Waals surface area (Å²) in [6.45, 7) is 7.96. The minimum absolute atomic E-state index is 0.798. The zero-order chi connectivity index (χ0) is 17.3. The fourth-order valence-electron chi connectivity index (χ4n) is 2.68. The van der Waals surface area contributed by atoms with E-state index in [0.717, 1.165) is 44.0 Å². The average molecular weight is 385 g/mol. The zero-order valence-electron chi connectivity index (χ0n) is 13.7. The molecule has 2 aromatic heterocycles. The third kappa shape index (κ3) is 2.73. The van der Waals surface area contributed by atoms with Gasteiger partial charge in [0.25, 0.3) is 0 Å². The van der Waals surface area contributed by atoms with E-state index in [1.165, 1.54) is 6.33 Å². The lowest BCUT2D eigenvalue weighted by Crippen LogP contribution is -2.02. The summed E-state index contributed by atoms with van der Waals surface area (Å²) in [5.41, 5.74) is 5.82. The maximum absolute atomic E-state index is 5.38. The van der Waals surface area contributed by atoms with Crippen molar-refractivity contribution >= 4 is 22.0 Å². The van der Waals surface area contributed by atoms with Gasteiger partial charge in [-0.25, -0.2) is 14.6 Å². The molecular formula is C18H17BrN4O. The van der Waals surface area contributed by atoms with Crippen LogP contribution >= 0.6 is 15.9 Å². The monoisotopic (exact) mass is 384 g/mol. The molecule has 1 aromatic carbocycles.